The van der Waals surface area contributed by atoms with Gasteiger partial charge in [0.2, 0.25) is 10.0 Å². The van der Waals surface area contributed by atoms with E-state index in [0.717, 1.165) is 26.1 Å². The summed E-state index contributed by atoms with van der Waals surface area (Å²) in [6.45, 7) is 2.89. The fourth-order valence-corrected chi connectivity index (χ4v) is 5.31. The predicted octanol–water partition coefficient (Wildman–Crippen LogP) is 1.88. The van der Waals surface area contributed by atoms with Crippen molar-refractivity contribution in [3.05, 3.63) is 15.6 Å². The van der Waals surface area contributed by atoms with Gasteiger partial charge in [0.15, 0.2) is 0 Å². The van der Waals surface area contributed by atoms with Crippen molar-refractivity contribution >= 4 is 21.4 Å². The maximum atomic E-state index is 11.0. The first-order valence-electron chi connectivity index (χ1n) is 8.22. The molecule has 0 radical (unpaired) electrons. The number of nitrogens with two attached hydrogens (primary N) is 1. The summed E-state index contributed by atoms with van der Waals surface area (Å²) in [6.07, 6.45) is 7.94. The fourth-order valence-electron chi connectivity index (χ4n) is 3.50. The van der Waals surface area contributed by atoms with Crippen LogP contribution < -0.4 is 5.14 Å². The molecule has 1 aliphatic carbocycles. The molecule has 1 atom stereocenters. The molecular formula is C15H25N3O2S2. The number of primary sulfonamides is 1. The standard InChI is InChI=1S/C15H25N3O2S2/c16-22(19,20)10-4-9-18-8-3-5-12(11-18)15-17-13-6-1-2-7-14(13)21-15/h12H,1-11H2,(H2,16,19,20). The van der Waals surface area contributed by atoms with Gasteiger partial charge in [-0.05, 0) is 58.0 Å². The molecule has 2 aliphatic rings. The average molecular weight is 344 g/mol. The molecule has 22 heavy (non-hydrogen) atoms. The van der Waals surface area contributed by atoms with E-state index in [1.54, 1.807) is 0 Å². The van der Waals surface area contributed by atoms with Gasteiger partial charge in [0.05, 0.1) is 16.5 Å². The molecule has 2 heterocycles. The van der Waals surface area contributed by atoms with Gasteiger partial charge in [-0.25, -0.2) is 18.5 Å². The monoisotopic (exact) mass is 343 g/mol. The number of piperidine rings is 1. The molecule has 1 fully saturated rings. The van der Waals surface area contributed by atoms with Gasteiger partial charge in [-0.1, -0.05) is 0 Å². The lowest BCUT2D eigenvalue weighted by molar-refractivity contribution is 0.208. The van der Waals surface area contributed by atoms with Gasteiger partial charge in [-0.2, -0.15) is 0 Å². The molecule has 1 saturated heterocycles. The maximum Gasteiger partial charge on any atom is 0.209 e. The highest BCUT2D eigenvalue weighted by atomic mass is 32.2. The van der Waals surface area contributed by atoms with E-state index in [0.29, 0.717) is 12.3 Å². The lowest BCUT2D eigenvalue weighted by Crippen LogP contribution is -2.36. The molecule has 3 rings (SSSR count). The minimum absolute atomic E-state index is 0.0831. The quantitative estimate of drug-likeness (QED) is 0.885. The van der Waals surface area contributed by atoms with Crippen LogP contribution in [0.1, 0.15) is 53.6 Å². The van der Waals surface area contributed by atoms with Crippen LogP contribution in [0.25, 0.3) is 0 Å². The molecule has 1 aromatic rings. The lowest BCUT2D eigenvalue weighted by Gasteiger charge is -2.31. The Morgan fingerprint density at radius 1 is 1.27 bits per heavy atom. The maximum absolute atomic E-state index is 11.0. The highest BCUT2D eigenvalue weighted by Crippen LogP contribution is 2.34. The molecule has 0 aromatic carbocycles. The van der Waals surface area contributed by atoms with E-state index in [2.05, 4.69) is 4.90 Å². The molecule has 0 saturated carbocycles. The number of aromatic nitrogens is 1. The third kappa shape index (κ3) is 4.28. The van der Waals surface area contributed by atoms with E-state index < -0.39 is 10.0 Å². The number of thiazole rings is 1. The number of hydrogen-bond donors (Lipinski definition) is 1. The van der Waals surface area contributed by atoms with Gasteiger partial charge >= 0.3 is 0 Å². The first-order valence-corrected chi connectivity index (χ1v) is 10.8. The van der Waals surface area contributed by atoms with E-state index in [9.17, 15) is 8.42 Å². The number of nitrogens with zero attached hydrogens (tertiary/aromatic N) is 2. The second-order valence-electron chi connectivity index (χ2n) is 6.49. The van der Waals surface area contributed by atoms with E-state index >= 15 is 0 Å². The van der Waals surface area contributed by atoms with Crippen molar-refractivity contribution in [2.75, 3.05) is 25.4 Å². The smallest absolute Gasteiger partial charge is 0.209 e. The van der Waals surface area contributed by atoms with Gasteiger partial charge in [-0.15, -0.1) is 11.3 Å². The van der Waals surface area contributed by atoms with E-state index in [1.807, 2.05) is 11.3 Å². The summed E-state index contributed by atoms with van der Waals surface area (Å²) in [5.41, 5.74) is 1.34. The first kappa shape index (κ1) is 16.4. The van der Waals surface area contributed by atoms with Crippen LogP contribution in [0.3, 0.4) is 0 Å². The molecule has 124 valence electrons. The summed E-state index contributed by atoms with van der Waals surface area (Å²) in [5, 5.41) is 6.38. The highest BCUT2D eigenvalue weighted by Gasteiger charge is 2.25. The van der Waals surface area contributed by atoms with Crippen LogP contribution in [0.15, 0.2) is 0 Å². The Kier molecular flexibility index (Phi) is 5.17. The van der Waals surface area contributed by atoms with E-state index in [-0.39, 0.29) is 5.75 Å². The molecule has 0 amide bonds. The topological polar surface area (TPSA) is 76.3 Å². The number of fused-ring (bicyclic) bond motifs is 1. The van der Waals surface area contributed by atoms with Crippen molar-refractivity contribution in [1.82, 2.24) is 9.88 Å². The number of sulfonamides is 1. The Balaban J connectivity index is 1.57. The van der Waals surface area contributed by atoms with Crippen molar-refractivity contribution in [1.29, 1.82) is 0 Å². The van der Waals surface area contributed by atoms with E-state index in [1.165, 1.54) is 47.7 Å². The van der Waals surface area contributed by atoms with Crippen LogP contribution in [0.2, 0.25) is 0 Å². The molecule has 7 heteroatoms. The highest BCUT2D eigenvalue weighted by molar-refractivity contribution is 7.89. The zero-order valence-corrected chi connectivity index (χ0v) is 14.6. The molecule has 1 unspecified atom stereocenters. The first-order chi connectivity index (χ1) is 10.5. The summed E-state index contributed by atoms with van der Waals surface area (Å²) < 4.78 is 22.0. The van der Waals surface area contributed by atoms with Gasteiger partial charge in [-0.3, -0.25) is 0 Å². The Hall–Kier alpha value is -0.500. The largest absolute Gasteiger partial charge is 0.303 e. The van der Waals surface area contributed by atoms with Crippen LogP contribution in [0.4, 0.5) is 0 Å². The minimum atomic E-state index is -3.33. The number of likely N-dealkylation sites (tertiary alicyclic amines) is 1. The van der Waals surface area contributed by atoms with Crippen LogP contribution in [0.5, 0.6) is 0 Å². The normalized spacial score (nSPS) is 23.4. The minimum Gasteiger partial charge on any atom is -0.303 e. The number of rotatable bonds is 5. The predicted molar refractivity (Wildman–Crippen MR) is 89.8 cm³/mol. The summed E-state index contributed by atoms with van der Waals surface area (Å²) in [4.78, 5) is 8.79. The van der Waals surface area contributed by atoms with Crippen LogP contribution in [0, 0.1) is 0 Å². The van der Waals surface area contributed by atoms with Gasteiger partial charge in [0.25, 0.3) is 0 Å². The molecule has 5 nitrogen and oxygen atoms in total. The molecular weight excluding hydrogens is 318 g/mol. The van der Waals surface area contributed by atoms with Crippen molar-refractivity contribution in [3.63, 3.8) is 0 Å². The molecule has 1 aliphatic heterocycles. The van der Waals surface area contributed by atoms with Crippen molar-refractivity contribution in [2.24, 2.45) is 5.14 Å². The molecule has 2 N–H and O–H groups in total. The Labute approximate surface area is 137 Å². The zero-order chi connectivity index (χ0) is 15.6. The Morgan fingerprint density at radius 3 is 2.86 bits per heavy atom. The summed E-state index contributed by atoms with van der Waals surface area (Å²) in [7, 11) is -3.33. The van der Waals surface area contributed by atoms with Crippen molar-refractivity contribution < 1.29 is 8.42 Å². The molecule has 0 spiro atoms. The van der Waals surface area contributed by atoms with Crippen molar-refractivity contribution in [2.45, 2.75) is 50.9 Å². The summed E-state index contributed by atoms with van der Waals surface area (Å²) in [5.74, 6) is 0.610. The lowest BCUT2D eigenvalue weighted by atomic mass is 9.98. The number of hydrogen-bond acceptors (Lipinski definition) is 5. The number of aryl methyl sites for hydroxylation is 2. The zero-order valence-electron chi connectivity index (χ0n) is 13.0. The second kappa shape index (κ2) is 6.95. The van der Waals surface area contributed by atoms with Gasteiger partial charge in [0.1, 0.15) is 0 Å². The Morgan fingerprint density at radius 2 is 2.09 bits per heavy atom. The SMILES string of the molecule is NS(=O)(=O)CCCN1CCCC(c2nc3c(s2)CCCC3)C1. The summed E-state index contributed by atoms with van der Waals surface area (Å²) >= 11 is 1.92. The van der Waals surface area contributed by atoms with Crippen LogP contribution in [-0.2, 0) is 22.9 Å². The van der Waals surface area contributed by atoms with Gasteiger partial charge in [0, 0.05) is 17.3 Å². The Bertz CT molecular complexity index is 589. The third-order valence-electron chi connectivity index (χ3n) is 4.62. The third-order valence-corrected chi connectivity index (χ3v) is 6.80. The van der Waals surface area contributed by atoms with Gasteiger partial charge < -0.3 is 4.90 Å². The molecule has 0 bridgehead atoms. The van der Waals surface area contributed by atoms with Crippen molar-refractivity contribution in [3.8, 4) is 0 Å². The second-order valence-corrected chi connectivity index (χ2v) is 9.34. The average Bonchev–Trinajstić information content (AvgIpc) is 2.90. The summed E-state index contributed by atoms with van der Waals surface area (Å²) in [6, 6.07) is 0. The van der Waals surface area contributed by atoms with Crippen LogP contribution in [-0.4, -0.2) is 43.7 Å². The van der Waals surface area contributed by atoms with E-state index in [4.69, 9.17) is 10.1 Å². The fraction of sp³-hybridized carbons (Fsp3) is 0.800. The van der Waals surface area contributed by atoms with Crippen LogP contribution >= 0.6 is 11.3 Å². The molecule has 1 aromatic heterocycles.